The number of nitrogens with one attached hydrogen (secondary N) is 2. The molecule has 1 unspecified atom stereocenters. The Morgan fingerprint density at radius 1 is 1.29 bits per heavy atom. The van der Waals surface area contributed by atoms with Crippen LogP contribution in [0.3, 0.4) is 0 Å². The van der Waals surface area contributed by atoms with Crippen molar-refractivity contribution in [1.29, 1.82) is 0 Å². The summed E-state index contributed by atoms with van der Waals surface area (Å²) in [5, 5.41) is 9.05. The van der Waals surface area contributed by atoms with Crippen molar-refractivity contribution in [3.05, 3.63) is 51.7 Å². The highest BCUT2D eigenvalue weighted by Crippen LogP contribution is 2.25. The van der Waals surface area contributed by atoms with Gasteiger partial charge in [-0.15, -0.1) is 11.3 Å². The first-order valence-electron chi connectivity index (χ1n) is 9.64. The van der Waals surface area contributed by atoms with Crippen LogP contribution >= 0.6 is 11.3 Å². The fraction of sp³-hybridized carbons (Fsp3) is 0.476. The lowest BCUT2D eigenvalue weighted by atomic mass is 10.1. The number of benzene rings is 1. The molecule has 152 valence electrons. The second kappa shape index (κ2) is 10.5. The quantitative estimate of drug-likeness (QED) is 0.551. The molecule has 3 rings (SSSR count). The predicted octanol–water partition coefficient (Wildman–Crippen LogP) is 2.80. The van der Waals surface area contributed by atoms with E-state index >= 15 is 0 Å². The Bertz CT molecular complexity index is 758. The van der Waals surface area contributed by atoms with Gasteiger partial charge in [0.15, 0.2) is 5.96 Å². The van der Waals surface area contributed by atoms with E-state index in [2.05, 4.69) is 57.1 Å². The minimum atomic E-state index is 0.325. The summed E-state index contributed by atoms with van der Waals surface area (Å²) < 4.78 is 10.9. The average molecular weight is 403 g/mol. The number of hydrogen-bond donors (Lipinski definition) is 2. The molecular weight excluding hydrogens is 372 g/mol. The molecule has 0 spiro atoms. The second-order valence-corrected chi connectivity index (χ2v) is 7.77. The zero-order valence-corrected chi connectivity index (χ0v) is 17.7. The topological polar surface area (TPSA) is 58.1 Å². The summed E-state index contributed by atoms with van der Waals surface area (Å²) in [6.07, 6.45) is 0. The van der Waals surface area contributed by atoms with Crippen molar-refractivity contribution in [2.45, 2.75) is 19.5 Å². The number of hydrogen-bond acceptors (Lipinski definition) is 5. The van der Waals surface area contributed by atoms with E-state index in [1.807, 2.05) is 13.1 Å². The molecule has 1 saturated heterocycles. The first kappa shape index (κ1) is 20.6. The average Bonchev–Trinajstić information content (AvgIpc) is 3.26. The number of guanidine groups is 1. The molecule has 0 saturated carbocycles. The number of methoxy groups -OCH3 is 1. The van der Waals surface area contributed by atoms with E-state index in [0.717, 1.165) is 50.1 Å². The number of aryl methyl sites for hydroxylation is 1. The van der Waals surface area contributed by atoms with E-state index in [-0.39, 0.29) is 0 Å². The van der Waals surface area contributed by atoms with Crippen LogP contribution in [0.4, 0.5) is 0 Å². The molecule has 1 aliphatic rings. The number of aliphatic imine (C=N–C) groups is 1. The molecule has 0 aliphatic carbocycles. The van der Waals surface area contributed by atoms with Gasteiger partial charge in [-0.25, -0.2) is 0 Å². The molecule has 6 nitrogen and oxygen atoms in total. The highest BCUT2D eigenvalue weighted by atomic mass is 32.1. The maximum Gasteiger partial charge on any atom is 0.191 e. The van der Waals surface area contributed by atoms with Crippen LogP contribution in [-0.4, -0.2) is 57.9 Å². The molecular formula is C21H30N4O2S. The van der Waals surface area contributed by atoms with E-state index < -0.39 is 0 Å². The van der Waals surface area contributed by atoms with E-state index in [1.54, 1.807) is 18.4 Å². The monoisotopic (exact) mass is 402 g/mol. The predicted molar refractivity (Wildman–Crippen MR) is 115 cm³/mol. The van der Waals surface area contributed by atoms with Gasteiger partial charge >= 0.3 is 0 Å². The largest absolute Gasteiger partial charge is 0.496 e. The molecule has 2 N–H and O–H groups in total. The van der Waals surface area contributed by atoms with Gasteiger partial charge in [0.05, 0.1) is 26.4 Å². The first-order chi connectivity index (χ1) is 13.7. The molecule has 1 atom stereocenters. The summed E-state index contributed by atoms with van der Waals surface area (Å²) in [5.74, 6) is 1.72. The van der Waals surface area contributed by atoms with Gasteiger partial charge in [-0.3, -0.25) is 9.89 Å². The van der Waals surface area contributed by atoms with Crippen LogP contribution in [0.15, 0.2) is 40.7 Å². The Labute approximate surface area is 171 Å². The molecule has 2 aromatic rings. The number of thiophene rings is 1. The van der Waals surface area contributed by atoms with Gasteiger partial charge in [-0.2, -0.15) is 0 Å². The van der Waals surface area contributed by atoms with E-state index in [1.165, 1.54) is 10.4 Å². The Hall–Kier alpha value is -2.09. The summed E-state index contributed by atoms with van der Waals surface area (Å²) in [6.45, 7) is 7.09. The summed E-state index contributed by atoms with van der Waals surface area (Å²) in [6, 6.07) is 10.9. The molecule has 1 aromatic carbocycles. The number of ether oxygens (including phenoxy) is 2. The van der Waals surface area contributed by atoms with Crippen LogP contribution < -0.4 is 15.4 Å². The van der Waals surface area contributed by atoms with Crippen LogP contribution in [0.5, 0.6) is 5.75 Å². The number of rotatable bonds is 7. The lowest BCUT2D eigenvalue weighted by Crippen LogP contribution is -2.46. The first-order valence-corrected chi connectivity index (χ1v) is 10.5. The van der Waals surface area contributed by atoms with Gasteiger partial charge in [0.25, 0.3) is 0 Å². The molecule has 1 aliphatic heterocycles. The zero-order valence-electron chi connectivity index (χ0n) is 16.9. The molecule has 0 amide bonds. The third-order valence-corrected chi connectivity index (χ3v) is 5.94. The lowest BCUT2D eigenvalue weighted by Gasteiger charge is -2.34. The summed E-state index contributed by atoms with van der Waals surface area (Å²) >= 11 is 1.80. The highest BCUT2D eigenvalue weighted by Gasteiger charge is 2.23. The van der Waals surface area contributed by atoms with Crippen molar-refractivity contribution in [3.8, 4) is 5.75 Å². The molecule has 2 heterocycles. The number of nitrogens with zero attached hydrogens (tertiary/aromatic N) is 2. The minimum Gasteiger partial charge on any atom is -0.496 e. The molecule has 1 fully saturated rings. The van der Waals surface area contributed by atoms with Crippen molar-refractivity contribution in [2.75, 3.05) is 47.0 Å². The van der Waals surface area contributed by atoms with Gasteiger partial charge in [-0.1, -0.05) is 18.2 Å². The van der Waals surface area contributed by atoms with Crippen molar-refractivity contribution < 1.29 is 9.47 Å². The fourth-order valence-electron chi connectivity index (χ4n) is 3.43. The zero-order chi connectivity index (χ0) is 19.8. The molecule has 7 heteroatoms. The van der Waals surface area contributed by atoms with Gasteiger partial charge in [-0.05, 0) is 35.6 Å². The third-order valence-electron chi connectivity index (χ3n) is 4.96. The lowest BCUT2D eigenvalue weighted by molar-refractivity contribution is 0.0177. The van der Waals surface area contributed by atoms with E-state index in [9.17, 15) is 0 Å². The molecule has 0 bridgehead atoms. The maximum atomic E-state index is 5.52. The van der Waals surface area contributed by atoms with Crippen LogP contribution in [0, 0.1) is 6.92 Å². The third kappa shape index (κ3) is 5.47. The van der Waals surface area contributed by atoms with Gasteiger partial charge in [0.2, 0.25) is 0 Å². The van der Waals surface area contributed by atoms with Gasteiger partial charge < -0.3 is 20.1 Å². The van der Waals surface area contributed by atoms with E-state index in [0.29, 0.717) is 12.6 Å². The minimum absolute atomic E-state index is 0.325. The molecule has 28 heavy (non-hydrogen) atoms. The maximum absolute atomic E-state index is 5.52. The standard InChI is InChI=1S/C21H30N4O2S/c1-16-13-17(6-7-19(16)26-3)14-23-21(22-2)24-15-18(20-5-4-12-28-20)25-8-10-27-11-9-25/h4-7,12-13,18H,8-11,14-15H2,1-3H3,(H2,22,23,24). The fourth-order valence-corrected chi connectivity index (χ4v) is 4.29. The normalized spacial score (nSPS) is 16.6. The summed E-state index contributed by atoms with van der Waals surface area (Å²) in [7, 11) is 3.51. The van der Waals surface area contributed by atoms with Crippen molar-refractivity contribution >= 4 is 17.3 Å². The Balaban J connectivity index is 1.57. The Morgan fingerprint density at radius 3 is 2.75 bits per heavy atom. The van der Waals surface area contributed by atoms with Crippen molar-refractivity contribution in [3.63, 3.8) is 0 Å². The SMILES string of the molecule is CN=C(NCc1ccc(OC)c(C)c1)NCC(c1cccs1)N1CCOCC1. The molecule has 0 radical (unpaired) electrons. The van der Waals surface area contributed by atoms with Gasteiger partial charge in [0, 0.05) is 38.1 Å². The van der Waals surface area contributed by atoms with E-state index in [4.69, 9.17) is 9.47 Å². The summed E-state index contributed by atoms with van der Waals surface area (Å²) in [5.41, 5.74) is 2.33. The van der Waals surface area contributed by atoms with Crippen LogP contribution in [0.25, 0.3) is 0 Å². The van der Waals surface area contributed by atoms with Crippen LogP contribution in [0.1, 0.15) is 22.0 Å². The van der Waals surface area contributed by atoms with Gasteiger partial charge in [0.1, 0.15) is 5.75 Å². The van der Waals surface area contributed by atoms with Crippen molar-refractivity contribution in [2.24, 2.45) is 4.99 Å². The summed E-state index contributed by atoms with van der Waals surface area (Å²) in [4.78, 5) is 8.25. The number of morpholine rings is 1. The highest BCUT2D eigenvalue weighted by molar-refractivity contribution is 7.10. The van der Waals surface area contributed by atoms with Crippen LogP contribution in [-0.2, 0) is 11.3 Å². The second-order valence-electron chi connectivity index (χ2n) is 6.79. The smallest absolute Gasteiger partial charge is 0.191 e. The Morgan fingerprint density at radius 2 is 2.11 bits per heavy atom. The molecule has 1 aromatic heterocycles. The van der Waals surface area contributed by atoms with Crippen molar-refractivity contribution in [1.82, 2.24) is 15.5 Å². The van der Waals surface area contributed by atoms with Crippen LogP contribution in [0.2, 0.25) is 0 Å². The Kier molecular flexibility index (Phi) is 7.71.